The minimum atomic E-state index is -0.878. The van der Waals surface area contributed by atoms with Crippen molar-refractivity contribution in [3.05, 3.63) is 77.4 Å². The number of carbonyl (C=O) groups is 1. The average molecular weight is 436 g/mol. The van der Waals surface area contributed by atoms with Gasteiger partial charge < -0.3 is 14.6 Å². The highest BCUT2D eigenvalue weighted by atomic mass is 32.2. The Bertz CT molecular complexity index is 1080. The molecule has 31 heavy (non-hydrogen) atoms. The topological polar surface area (TPSA) is 59.0 Å². The molecule has 4 rings (SSSR count). The molecule has 0 aliphatic carbocycles. The van der Waals surface area contributed by atoms with Gasteiger partial charge in [-0.25, -0.2) is 4.31 Å². The van der Waals surface area contributed by atoms with Crippen molar-refractivity contribution in [1.29, 1.82) is 0 Å². The minimum absolute atomic E-state index is 0.543. The highest BCUT2D eigenvalue weighted by Gasteiger charge is 2.35. The predicted molar refractivity (Wildman–Crippen MR) is 123 cm³/mol. The van der Waals surface area contributed by atoms with Crippen LogP contribution < -0.4 is 9.47 Å². The number of hydrogen-bond donors (Lipinski definition) is 1. The smallest absolute Gasteiger partial charge is 0.326 e. The molecule has 1 unspecified atom stereocenters. The molecule has 0 saturated carbocycles. The molecule has 6 heteroatoms. The van der Waals surface area contributed by atoms with Crippen molar-refractivity contribution in [2.24, 2.45) is 0 Å². The maximum absolute atomic E-state index is 12.2. The number of methoxy groups -OCH3 is 2. The van der Waals surface area contributed by atoms with E-state index < -0.39 is 12.0 Å². The summed E-state index contributed by atoms with van der Waals surface area (Å²) in [5.74, 6) is 0.289. The van der Waals surface area contributed by atoms with Gasteiger partial charge in [-0.2, -0.15) is 0 Å². The maximum atomic E-state index is 12.2. The summed E-state index contributed by atoms with van der Waals surface area (Å²) < 4.78 is 12.7. The van der Waals surface area contributed by atoms with Gasteiger partial charge in [-0.3, -0.25) is 4.79 Å². The first-order valence-electron chi connectivity index (χ1n) is 10.1. The lowest BCUT2D eigenvalue weighted by atomic mass is 9.93. The number of carboxylic acids is 1. The number of aryl methyl sites for hydroxylation is 1. The van der Waals surface area contributed by atoms with E-state index in [2.05, 4.69) is 43.3 Å². The first-order chi connectivity index (χ1) is 15.0. The second-order valence-electron chi connectivity index (χ2n) is 7.52. The zero-order chi connectivity index (χ0) is 22.0. The molecule has 3 aromatic rings. The number of ether oxygens (including phenoxy) is 2. The quantitative estimate of drug-likeness (QED) is 0.525. The van der Waals surface area contributed by atoms with Crippen LogP contribution in [0.25, 0.3) is 11.1 Å². The number of carboxylic acid groups (broad SMARTS) is 1. The van der Waals surface area contributed by atoms with E-state index in [0.29, 0.717) is 18.0 Å². The lowest BCUT2D eigenvalue weighted by molar-refractivity contribution is -0.141. The van der Waals surface area contributed by atoms with Crippen LogP contribution in [0, 0.1) is 6.92 Å². The molecule has 0 bridgehead atoms. The van der Waals surface area contributed by atoms with Crippen molar-refractivity contribution < 1.29 is 19.4 Å². The Kier molecular flexibility index (Phi) is 6.20. The van der Waals surface area contributed by atoms with Gasteiger partial charge in [-0.1, -0.05) is 42.0 Å². The SMILES string of the molecule is COc1cc2c(cc1OC)C(C(=O)O)N(Sc1ccc(-c3ccc(C)cc3)cc1)CC2. The molecule has 3 aromatic carbocycles. The molecule has 160 valence electrons. The van der Waals surface area contributed by atoms with Gasteiger partial charge in [0.15, 0.2) is 11.5 Å². The van der Waals surface area contributed by atoms with Crippen molar-refractivity contribution in [1.82, 2.24) is 4.31 Å². The highest BCUT2D eigenvalue weighted by molar-refractivity contribution is 7.97. The molecule has 1 aliphatic rings. The Morgan fingerprint density at radius 1 is 0.968 bits per heavy atom. The van der Waals surface area contributed by atoms with Gasteiger partial charge in [0.05, 0.1) is 14.2 Å². The van der Waals surface area contributed by atoms with Crippen molar-refractivity contribution in [3.63, 3.8) is 0 Å². The van der Waals surface area contributed by atoms with Crippen LogP contribution in [-0.2, 0) is 11.2 Å². The Morgan fingerprint density at radius 2 is 1.55 bits per heavy atom. The number of rotatable bonds is 6. The molecule has 1 aliphatic heterocycles. The molecular formula is C25H25NO4S. The van der Waals surface area contributed by atoms with Crippen LogP contribution in [-0.4, -0.2) is 36.1 Å². The van der Waals surface area contributed by atoms with E-state index in [1.54, 1.807) is 20.3 Å². The van der Waals surface area contributed by atoms with Gasteiger partial charge in [0.1, 0.15) is 6.04 Å². The summed E-state index contributed by atoms with van der Waals surface area (Å²) in [6.45, 7) is 2.70. The molecule has 0 spiro atoms. The van der Waals surface area contributed by atoms with Crippen molar-refractivity contribution in [3.8, 4) is 22.6 Å². The number of nitrogens with zero attached hydrogens (tertiary/aromatic N) is 1. The summed E-state index contributed by atoms with van der Waals surface area (Å²) in [5, 5.41) is 10.0. The maximum Gasteiger partial charge on any atom is 0.326 e. The molecule has 5 nitrogen and oxygen atoms in total. The standard InChI is InChI=1S/C25H25NO4S/c1-16-4-6-17(7-5-16)18-8-10-20(11-9-18)31-26-13-12-19-14-22(29-2)23(30-3)15-21(19)24(26)25(27)28/h4-11,14-15,24H,12-13H2,1-3H3,(H,27,28). The fourth-order valence-electron chi connectivity index (χ4n) is 3.87. The summed E-state index contributed by atoms with van der Waals surface area (Å²) in [6.07, 6.45) is 0.744. The fraction of sp³-hybridized carbons (Fsp3) is 0.240. The first-order valence-corrected chi connectivity index (χ1v) is 10.9. The molecule has 0 radical (unpaired) electrons. The molecular weight excluding hydrogens is 410 g/mol. The minimum Gasteiger partial charge on any atom is -0.493 e. The molecule has 1 N–H and O–H groups in total. The van der Waals surface area contributed by atoms with Crippen LogP contribution in [0.1, 0.15) is 22.7 Å². The predicted octanol–water partition coefficient (Wildman–Crippen LogP) is 5.37. The molecule has 0 amide bonds. The van der Waals surface area contributed by atoms with Gasteiger partial charge in [0.25, 0.3) is 0 Å². The Balaban J connectivity index is 1.58. The monoisotopic (exact) mass is 435 g/mol. The third-order valence-electron chi connectivity index (χ3n) is 5.53. The lowest BCUT2D eigenvalue weighted by Gasteiger charge is -2.34. The van der Waals surface area contributed by atoms with Gasteiger partial charge in [0.2, 0.25) is 0 Å². The molecule has 0 saturated heterocycles. The summed E-state index contributed by atoms with van der Waals surface area (Å²) in [5.41, 5.74) is 5.27. The van der Waals surface area contributed by atoms with Gasteiger partial charge in [-0.15, -0.1) is 0 Å². The van der Waals surface area contributed by atoms with Gasteiger partial charge >= 0.3 is 5.97 Å². The van der Waals surface area contributed by atoms with Crippen molar-refractivity contribution >= 4 is 17.9 Å². The van der Waals surface area contributed by atoms with Crippen LogP contribution in [0.3, 0.4) is 0 Å². The average Bonchev–Trinajstić information content (AvgIpc) is 2.78. The fourth-order valence-corrected chi connectivity index (χ4v) is 4.89. The van der Waals surface area contributed by atoms with E-state index in [1.807, 2.05) is 22.5 Å². The van der Waals surface area contributed by atoms with Crippen LogP contribution in [0.15, 0.2) is 65.6 Å². The second-order valence-corrected chi connectivity index (χ2v) is 8.64. The normalized spacial score (nSPS) is 15.9. The number of fused-ring (bicyclic) bond motifs is 1. The van der Waals surface area contributed by atoms with E-state index in [4.69, 9.17) is 9.47 Å². The van der Waals surface area contributed by atoms with Gasteiger partial charge in [-0.05, 0) is 71.8 Å². The highest BCUT2D eigenvalue weighted by Crippen LogP contribution is 2.42. The zero-order valence-corrected chi connectivity index (χ0v) is 18.6. The number of hydrogen-bond acceptors (Lipinski definition) is 5. The molecule has 0 aromatic heterocycles. The first kappa shape index (κ1) is 21.3. The summed E-state index contributed by atoms with van der Waals surface area (Å²) >= 11 is 1.47. The van der Waals surface area contributed by atoms with E-state index >= 15 is 0 Å². The van der Waals surface area contributed by atoms with Crippen LogP contribution in [0.5, 0.6) is 11.5 Å². The van der Waals surface area contributed by atoms with Crippen LogP contribution >= 0.6 is 11.9 Å². The lowest BCUT2D eigenvalue weighted by Crippen LogP contribution is -2.35. The molecule has 0 fully saturated rings. The van der Waals surface area contributed by atoms with Crippen LogP contribution in [0.4, 0.5) is 0 Å². The Hall–Kier alpha value is -2.96. The van der Waals surface area contributed by atoms with E-state index in [1.165, 1.54) is 23.1 Å². The third kappa shape index (κ3) is 4.40. The number of aliphatic carboxylic acids is 1. The van der Waals surface area contributed by atoms with Crippen molar-refractivity contribution in [2.45, 2.75) is 24.3 Å². The molecule has 1 heterocycles. The zero-order valence-electron chi connectivity index (χ0n) is 17.8. The van der Waals surface area contributed by atoms with E-state index in [-0.39, 0.29) is 0 Å². The Labute approximate surface area is 186 Å². The third-order valence-corrected chi connectivity index (χ3v) is 6.64. The van der Waals surface area contributed by atoms with Crippen LogP contribution in [0.2, 0.25) is 0 Å². The summed E-state index contributed by atoms with van der Waals surface area (Å²) in [7, 11) is 3.15. The number of benzene rings is 3. The van der Waals surface area contributed by atoms with E-state index in [0.717, 1.165) is 28.0 Å². The largest absolute Gasteiger partial charge is 0.493 e. The summed E-state index contributed by atoms with van der Waals surface area (Å²) in [6, 6.07) is 19.6. The summed E-state index contributed by atoms with van der Waals surface area (Å²) in [4.78, 5) is 13.2. The van der Waals surface area contributed by atoms with Crippen molar-refractivity contribution in [2.75, 3.05) is 20.8 Å². The molecule has 1 atom stereocenters. The Morgan fingerprint density at radius 3 is 2.13 bits per heavy atom. The van der Waals surface area contributed by atoms with Gasteiger partial charge in [0, 0.05) is 11.4 Å². The second kappa shape index (κ2) is 9.04. The van der Waals surface area contributed by atoms with E-state index in [9.17, 15) is 9.90 Å².